The molecule has 22 heavy (non-hydrogen) atoms. The van der Waals surface area contributed by atoms with Gasteiger partial charge < -0.3 is 10.6 Å². The number of rotatable bonds is 6. The Morgan fingerprint density at radius 2 is 1.95 bits per heavy atom. The molecule has 0 radical (unpaired) electrons. The van der Waals surface area contributed by atoms with Gasteiger partial charge in [-0.05, 0) is 19.2 Å². The minimum Gasteiger partial charge on any atom is -0.348 e. The molecule has 1 aromatic carbocycles. The van der Waals surface area contributed by atoms with E-state index in [-0.39, 0.29) is 11.7 Å². The third-order valence-electron chi connectivity index (χ3n) is 3.00. The minimum absolute atomic E-state index is 0.101. The number of carbonyl (C=O) groups excluding carboxylic acids is 1. The van der Waals surface area contributed by atoms with Gasteiger partial charge in [0.1, 0.15) is 11.5 Å². The molecule has 0 unspecified atom stereocenters. The molecule has 0 bridgehead atoms. The van der Waals surface area contributed by atoms with Crippen LogP contribution in [0, 0.1) is 0 Å². The fourth-order valence-electron chi connectivity index (χ4n) is 1.92. The zero-order valence-electron chi connectivity index (χ0n) is 12.4. The Kier molecular flexibility index (Phi) is 5.76. The summed E-state index contributed by atoms with van der Waals surface area (Å²) in [5, 5.41) is 10.8. The fourth-order valence-corrected chi connectivity index (χ4v) is 2.48. The van der Waals surface area contributed by atoms with Crippen LogP contribution in [-0.4, -0.2) is 40.8 Å². The van der Waals surface area contributed by atoms with E-state index >= 15 is 0 Å². The standard InChI is InChI=1S/C14H17Cl2N5O/c1-3-11-19-13(14(22)18-8-7-17-2)20-21(11)12-9(15)5-4-6-10(12)16/h4-6,17H,3,7-8H2,1-2H3,(H,18,22). The lowest BCUT2D eigenvalue weighted by molar-refractivity contribution is 0.0944. The van der Waals surface area contributed by atoms with Crippen molar-refractivity contribution in [3.05, 3.63) is 39.9 Å². The van der Waals surface area contributed by atoms with Crippen LogP contribution in [0.2, 0.25) is 10.0 Å². The lowest BCUT2D eigenvalue weighted by atomic mass is 10.3. The summed E-state index contributed by atoms with van der Waals surface area (Å²) in [4.78, 5) is 16.3. The highest BCUT2D eigenvalue weighted by Crippen LogP contribution is 2.28. The van der Waals surface area contributed by atoms with E-state index in [1.54, 1.807) is 18.2 Å². The van der Waals surface area contributed by atoms with E-state index in [0.29, 0.717) is 41.1 Å². The fraction of sp³-hybridized carbons (Fsp3) is 0.357. The molecule has 0 saturated carbocycles. The third-order valence-corrected chi connectivity index (χ3v) is 3.61. The van der Waals surface area contributed by atoms with Gasteiger partial charge in [0.15, 0.2) is 0 Å². The lowest BCUT2D eigenvalue weighted by Gasteiger charge is -2.08. The van der Waals surface area contributed by atoms with E-state index in [4.69, 9.17) is 23.2 Å². The zero-order chi connectivity index (χ0) is 16.1. The van der Waals surface area contributed by atoms with Gasteiger partial charge in [-0.1, -0.05) is 36.2 Å². The van der Waals surface area contributed by atoms with Crippen LogP contribution >= 0.6 is 23.2 Å². The molecular formula is C14H17Cl2N5O. The van der Waals surface area contributed by atoms with Crippen LogP contribution in [0.5, 0.6) is 0 Å². The second-order valence-electron chi connectivity index (χ2n) is 4.55. The highest BCUT2D eigenvalue weighted by atomic mass is 35.5. The molecular weight excluding hydrogens is 325 g/mol. The van der Waals surface area contributed by atoms with Crippen molar-refractivity contribution >= 4 is 29.1 Å². The largest absolute Gasteiger partial charge is 0.348 e. The van der Waals surface area contributed by atoms with Crippen molar-refractivity contribution in [3.8, 4) is 5.69 Å². The Balaban J connectivity index is 2.35. The van der Waals surface area contributed by atoms with Gasteiger partial charge in [0.25, 0.3) is 5.91 Å². The molecule has 6 nitrogen and oxygen atoms in total. The Morgan fingerprint density at radius 1 is 1.27 bits per heavy atom. The predicted molar refractivity (Wildman–Crippen MR) is 87.0 cm³/mol. The smallest absolute Gasteiger partial charge is 0.291 e. The summed E-state index contributed by atoms with van der Waals surface area (Å²) in [7, 11) is 1.81. The second kappa shape index (κ2) is 7.58. The molecule has 0 saturated heterocycles. The molecule has 0 aliphatic rings. The molecule has 2 aromatic rings. The number of aryl methyl sites for hydroxylation is 1. The number of carbonyl (C=O) groups is 1. The average molecular weight is 342 g/mol. The molecule has 2 N–H and O–H groups in total. The molecule has 2 rings (SSSR count). The molecule has 0 aliphatic heterocycles. The molecule has 118 valence electrons. The number of benzene rings is 1. The summed E-state index contributed by atoms with van der Waals surface area (Å²) in [5.41, 5.74) is 0.532. The molecule has 0 aliphatic carbocycles. The number of amides is 1. The summed E-state index contributed by atoms with van der Waals surface area (Å²) in [6, 6.07) is 5.19. The van der Waals surface area contributed by atoms with Gasteiger partial charge in [0.2, 0.25) is 5.82 Å². The molecule has 0 atom stereocenters. The summed E-state index contributed by atoms with van der Waals surface area (Å²) in [5.74, 6) is 0.393. The maximum Gasteiger partial charge on any atom is 0.291 e. The van der Waals surface area contributed by atoms with Crippen LogP contribution in [-0.2, 0) is 6.42 Å². The summed E-state index contributed by atoms with van der Waals surface area (Å²) >= 11 is 12.4. The molecule has 0 fully saturated rings. The molecule has 1 heterocycles. The maximum absolute atomic E-state index is 12.1. The van der Waals surface area contributed by atoms with Crippen LogP contribution in [0.25, 0.3) is 5.69 Å². The van der Waals surface area contributed by atoms with Crippen molar-refractivity contribution in [2.45, 2.75) is 13.3 Å². The maximum atomic E-state index is 12.1. The van der Waals surface area contributed by atoms with Crippen molar-refractivity contribution in [1.29, 1.82) is 0 Å². The van der Waals surface area contributed by atoms with Crippen molar-refractivity contribution in [3.63, 3.8) is 0 Å². The predicted octanol–water partition coefficient (Wildman–Crippen LogP) is 2.09. The van der Waals surface area contributed by atoms with Crippen LogP contribution < -0.4 is 10.6 Å². The van der Waals surface area contributed by atoms with Crippen LogP contribution in [0.15, 0.2) is 18.2 Å². The van der Waals surface area contributed by atoms with E-state index in [0.717, 1.165) is 0 Å². The average Bonchev–Trinajstić information content (AvgIpc) is 2.91. The Hall–Kier alpha value is -1.63. The van der Waals surface area contributed by atoms with Gasteiger partial charge in [-0.25, -0.2) is 9.67 Å². The van der Waals surface area contributed by atoms with Gasteiger partial charge >= 0.3 is 0 Å². The first-order valence-corrected chi connectivity index (χ1v) is 7.67. The van der Waals surface area contributed by atoms with Crippen molar-refractivity contribution < 1.29 is 4.79 Å². The van der Waals surface area contributed by atoms with E-state index < -0.39 is 0 Å². The first-order chi connectivity index (χ1) is 10.6. The van der Waals surface area contributed by atoms with E-state index in [2.05, 4.69) is 20.7 Å². The minimum atomic E-state index is -0.327. The monoisotopic (exact) mass is 341 g/mol. The van der Waals surface area contributed by atoms with Gasteiger partial charge in [0.05, 0.1) is 10.0 Å². The van der Waals surface area contributed by atoms with Crippen LogP contribution in [0.1, 0.15) is 23.4 Å². The summed E-state index contributed by atoms with van der Waals surface area (Å²) < 4.78 is 1.53. The molecule has 0 spiro atoms. The van der Waals surface area contributed by atoms with E-state index in [1.807, 2.05) is 14.0 Å². The second-order valence-corrected chi connectivity index (χ2v) is 5.36. The van der Waals surface area contributed by atoms with E-state index in [9.17, 15) is 4.79 Å². The van der Waals surface area contributed by atoms with Crippen molar-refractivity contribution in [1.82, 2.24) is 25.4 Å². The highest BCUT2D eigenvalue weighted by Gasteiger charge is 2.19. The summed E-state index contributed by atoms with van der Waals surface area (Å²) in [6.07, 6.45) is 0.596. The number of halogens is 2. The van der Waals surface area contributed by atoms with Gasteiger partial charge in [-0.3, -0.25) is 4.79 Å². The Morgan fingerprint density at radius 3 is 2.55 bits per heavy atom. The van der Waals surface area contributed by atoms with Gasteiger partial charge in [0, 0.05) is 19.5 Å². The molecule has 1 amide bonds. The zero-order valence-corrected chi connectivity index (χ0v) is 13.9. The summed E-state index contributed by atoms with van der Waals surface area (Å²) in [6.45, 7) is 3.09. The number of nitrogens with zero attached hydrogens (tertiary/aromatic N) is 3. The number of hydrogen-bond donors (Lipinski definition) is 2. The van der Waals surface area contributed by atoms with Gasteiger partial charge in [-0.15, -0.1) is 5.10 Å². The first kappa shape index (κ1) is 16.7. The normalized spacial score (nSPS) is 10.7. The molecule has 8 heteroatoms. The number of nitrogens with one attached hydrogen (secondary N) is 2. The quantitative estimate of drug-likeness (QED) is 0.789. The topological polar surface area (TPSA) is 71.8 Å². The Bertz CT molecular complexity index is 651. The van der Waals surface area contributed by atoms with Crippen molar-refractivity contribution in [2.24, 2.45) is 0 Å². The van der Waals surface area contributed by atoms with Gasteiger partial charge in [-0.2, -0.15) is 0 Å². The van der Waals surface area contributed by atoms with Crippen molar-refractivity contribution in [2.75, 3.05) is 20.1 Å². The lowest BCUT2D eigenvalue weighted by Crippen LogP contribution is -2.31. The number of para-hydroxylation sites is 1. The number of aromatic nitrogens is 3. The van der Waals surface area contributed by atoms with Crippen LogP contribution in [0.3, 0.4) is 0 Å². The highest BCUT2D eigenvalue weighted by molar-refractivity contribution is 6.37. The van der Waals surface area contributed by atoms with E-state index in [1.165, 1.54) is 4.68 Å². The third kappa shape index (κ3) is 3.58. The Labute approximate surface area is 138 Å². The molecule has 1 aromatic heterocycles. The SMILES string of the molecule is CCc1nc(C(=O)NCCNC)nn1-c1c(Cl)cccc1Cl. The van der Waals surface area contributed by atoms with Crippen LogP contribution in [0.4, 0.5) is 0 Å². The number of hydrogen-bond acceptors (Lipinski definition) is 4. The number of likely N-dealkylation sites (N-methyl/N-ethyl adjacent to an activating group) is 1. The first-order valence-electron chi connectivity index (χ1n) is 6.91.